The van der Waals surface area contributed by atoms with Gasteiger partial charge in [0.15, 0.2) is 0 Å². The highest BCUT2D eigenvalue weighted by molar-refractivity contribution is 7.45. The number of hydrogen-bond acceptors (Lipinski definition) is 6. The van der Waals surface area contributed by atoms with E-state index in [9.17, 15) is 19.4 Å². The second kappa shape index (κ2) is 38.0. The first-order valence-corrected chi connectivity index (χ1v) is 24.0. The molecule has 0 aromatic heterocycles. The molecule has 3 unspecified atom stereocenters. The van der Waals surface area contributed by atoms with Crippen molar-refractivity contribution in [1.82, 2.24) is 5.32 Å². The molecule has 0 heterocycles. The summed E-state index contributed by atoms with van der Waals surface area (Å²) >= 11 is 0. The number of carbonyl (C=O) groups excluding carboxylic acids is 1. The molecule has 0 aromatic rings. The number of allylic oxidation sites excluding steroid dienone is 7. The van der Waals surface area contributed by atoms with E-state index in [-0.39, 0.29) is 12.5 Å². The van der Waals surface area contributed by atoms with Crippen molar-refractivity contribution >= 4 is 13.7 Å². The number of unbranched alkanes of at least 4 members (excludes halogenated alkanes) is 21. The third-order valence-electron chi connectivity index (χ3n) is 9.74. The van der Waals surface area contributed by atoms with Crippen molar-refractivity contribution in [2.45, 2.75) is 199 Å². The van der Waals surface area contributed by atoms with Crippen LogP contribution in [0.2, 0.25) is 0 Å². The quantitative estimate of drug-likeness (QED) is 0.0277. The SMILES string of the molecule is CCCCCCC/C=C\CCCCCCCC(=O)NC(COP(=O)([O-])OCC[N+](C)(C)C)C(O)/C=C/CC/C=C/CC/C=C/CCCCCCCCCCC. The number of carbonyl (C=O) groups is 1. The van der Waals surface area contributed by atoms with Crippen LogP contribution in [0.1, 0.15) is 187 Å². The number of aliphatic hydroxyl groups excluding tert-OH is 1. The highest BCUT2D eigenvalue weighted by atomic mass is 31.2. The van der Waals surface area contributed by atoms with Gasteiger partial charge in [-0.1, -0.05) is 159 Å². The Labute approximate surface area is 339 Å². The van der Waals surface area contributed by atoms with Crippen LogP contribution in [0.25, 0.3) is 0 Å². The standard InChI is InChI=1S/C46H87N2O6P/c1-6-8-10-12-14-16-18-20-22-23-24-25-26-27-29-31-33-35-37-39-45(49)44(43-54-55(51,52)53-42-41-48(3,4)5)47-46(50)40-38-36-34-32-30-28-21-19-17-15-13-11-9-7-2/h19,21,24-25,29,31,37,39,44-45,49H,6-18,20,22-23,26-28,30,32-36,38,40-43H2,1-5H3,(H-,47,50,51,52)/b21-19-,25-24+,31-29+,39-37+. The van der Waals surface area contributed by atoms with Gasteiger partial charge < -0.3 is 28.8 Å². The Kier molecular flexibility index (Phi) is 36.9. The third kappa shape index (κ3) is 40.5. The number of amides is 1. The van der Waals surface area contributed by atoms with Crippen molar-refractivity contribution in [3.63, 3.8) is 0 Å². The third-order valence-corrected chi connectivity index (χ3v) is 10.7. The van der Waals surface area contributed by atoms with Crippen LogP contribution in [-0.4, -0.2) is 68.5 Å². The minimum atomic E-state index is -4.60. The predicted octanol–water partition coefficient (Wildman–Crippen LogP) is 11.8. The van der Waals surface area contributed by atoms with Crippen LogP contribution in [0.15, 0.2) is 48.6 Å². The molecular formula is C46H87N2O6P. The van der Waals surface area contributed by atoms with Crippen LogP contribution in [0, 0.1) is 0 Å². The summed E-state index contributed by atoms with van der Waals surface area (Å²) in [5.74, 6) is -0.222. The van der Waals surface area contributed by atoms with Crippen LogP contribution in [-0.2, 0) is 18.4 Å². The fourth-order valence-corrected chi connectivity index (χ4v) is 6.84. The van der Waals surface area contributed by atoms with Gasteiger partial charge in [-0.2, -0.15) is 0 Å². The van der Waals surface area contributed by atoms with Crippen molar-refractivity contribution in [1.29, 1.82) is 0 Å². The molecule has 0 aliphatic heterocycles. The van der Waals surface area contributed by atoms with Gasteiger partial charge in [-0.05, 0) is 70.6 Å². The Morgan fingerprint density at radius 3 is 1.47 bits per heavy atom. The lowest BCUT2D eigenvalue weighted by Crippen LogP contribution is -2.45. The monoisotopic (exact) mass is 795 g/mol. The molecule has 2 N–H and O–H groups in total. The summed E-state index contributed by atoms with van der Waals surface area (Å²) in [4.78, 5) is 25.3. The van der Waals surface area contributed by atoms with Gasteiger partial charge in [0.1, 0.15) is 13.2 Å². The van der Waals surface area contributed by atoms with E-state index >= 15 is 0 Å². The summed E-state index contributed by atoms with van der Waals surface area (Å²) in [5.41, 5.74) is 0. The highest BCUT2D eigenvalue weighted by Crippen LogP contribution is 2.38. The van der Waals surface area contributed by atoms with E-state index < -0.39 is 26.6 Å². The van der Waals surface area contributed by atoms with E-state index in [0.717, 1.165) is 64.2 Å². The second-order valence-electron chi connectivity index (χ2n) is 16.4. The van der Waals surface area contributed by atoms with Gasteiger partial charge in [0, 0.05) is 6.42 Å². The van der Waals surface area contributed by atoms with Crippen LogP contribution in [0.3, 0.4) is 0 Å². The van der Waals surface area contributed by atoms with Crippen LogP contribution in [0.5, 0.6) is 0 Å². The molecule has 9 heteroatoms. The lowest BCUT2D eigenvalue weighted by Gasteiger charge is -2.29. The molecule has 0 spiro atoms. The molecule has 0 rings (SSSR count). The molecule has 0 bridgehead atoms. The fourth-order valence-electron chi connectivity index (χ4n) is 6.12. The fraction of sp³-hybridized carbons (Fsp3) is 0.804. The highest BCUT2D eigenvalue weighted by Gasteiger charge is 2.23. The van der Waals surface area contributed by atoms with Crippen molar-refractivity contribution in [3.8, 4) is 0 Å². The lowest BCUT2D eigenvalue weighted by molar-refractivity contribution is -0.870. The molecule has 0 fully saturated rings. The molecule has 1 amide bonds. The van der Waals surface area contributed by atoms with E-state index in [0.29, 0.717) is 17.4 Å². The normalized spacial score (nSPS) is 14.8. The first-order valence-electron chi connectivity index (χ1n) is 22.5. The average molecular weight is 795 g/mol. The molecule has 322 valence electrons. The number of aliphatic hydroxyl groups is 1. The van der Waals surface area contributed by atoms with Gasteiger partial charge in [-0.25, -0.2) is 0 Å². The van der Waals surface area contributed by atoms with Crippen molar-refractivity contribution in [2.24, 2.45) is 0 Å². The van der Waals surface area contributed by atoms with Crippen molar-refractivity contribution in [3.05, 3.63) is 48.6 Å². The van der Waals surface area contributed by atoms with Crippen molar-refractivity contribution in [2.75, 3.05) is 40.9 Å². The van der Waals surface area contributed by atoms with Gasteiger partial charge in [-0.3, -0.25) is 9.36 Å². The first-order chi connectivity index (χ1) is 26.5. The molecule has 55 heavy (non-hydrogen) atoms. The maximum Gasteiger partial charge on any atom is 0.268 e. The molecule has 8 nitrogen and oxygen atoms in total. The van der Waals surface area contributed by atoms with Crippen LogP contribution in [0.4, 0.5) is 0 Å². The lowest BCUT2D eigenvalue weighted by atomic mass is 10.1. The number of nitrogens with one attached hydrogen (secondary N) is 1. The number of quaternary nitrogens is 1. The molecule has 0 saturated carbocycles. The minimum absolute atomic E-state index is 0.0116. The molecule has 0 aliphatic rings. The van der Waals surface area contributed by atoms with Crippen LogP contribution >= 0.6 is 7.82 Å². The van der Waals surface area contributed by atoms with Gasteiger partial charge in [0.25, 0.3) is 7.82 Å². The topological polar surface area (TPSA) is 108 Å². The van der Waals surface area contributed by atoms with E-state index in [1.165, 1.54) is 103 Å². The Morgan fingerprint density at radius 2 is 1.02 bits per heavy atom. The molecule has 0 saturated heterocycles. The summed E-state index contributed by atoms with van der Waals surface area (Å²) in [6.45, 7) is 4.59. The number of nitrogens with zero attached hydrogens (tertiary/aromatic N) is 1. The second-order valence-corrected chi connectivity index (χ2v) is 17.8. The van der Waals surface area contributed by atoms with E-state index in [4.69, 9.17) is 9.05 Å². The zero-order chi connectivity index (χ0) is 40.7. The number of rotatable bonds is 40. The Hall–Kier alpha value is -1.54. The average Bonchev–Trinajstić information content (AvgIpc) is 3.13. The smallest absolute Gasteiger partial charge is 0.268 e. The van der Waals surface area contributed by atoms with E-state index in [1.807, 2.05) is 27.2 Å². The zero-order valence-electron chi connectivity index (χ0n) is 36.4. The maximum atomic E-state index is 12.8. The largest absolute Gasteiger partial charge is 0.756 e. The number of hydrogen-bond donors (Lipinski definition) is 2. The summed E-state index contributed by atoms with van der Waals surface area (Å²) in [6.07, 6.45) is 47.3. The molecule has 0 aromatic carbocycles. The van der Waals surface area contributed by atoms with Crippen LogP contribution < -0.4 is 10.2 Å². The first kappa shape index (κ1) is 53.5. The predicted molar refractivity (Wildman–Crippen MR) is 233 cm³/mol. The number of likely N-dealkylation sites (N-methyl/N-ethyl adjacent to an activating group) is 1. The Balaban J connectivity index is 4.52. The minimum Gasteiger partial charge on any atom is -0.756 e. The Morgan fingerprint density at radius 1 is 0.618 bits per heavy atom. The van der Waals surface area contributed by atoms with Gasteiger partial charge >= 0.3 is 0 Å². The molecular weight excluding hydrogens is 707 g/mol. The number of phosphoric ester groups is 1. The van der Waals surface area contributed by atoms with Crippen molar-refractivity contribution < 1.29 is 32.9 Å². The zero-order valence-corrected chi connectivity index (χ0v) is 37.3. The summed E-state index contributed by atoms with van der Waals surface area (Å²) in [6, 6.07) is -0.913. The molecule has 0 aliphatic carbocycles. The molecule has 3 atom stereocenters. The van der Waals surface area contributed by atoms with E-state index in [2.05, 4.69) is 55.6 Å². The summed E-state index contributed by atoms with van der Waals surface area (Å²) in [5, 5.41) is 13.7. The number of phosphoric acid groups is 1. The molecule has 0 radical (unpaired) electrons. The summed E-state index contributed by atoms with van der Waals surface area (Å²) in [7, 11) is 1.22. The Bertz CT molecular complexity index is 1040. The van der Waals surface area contributed by atoms with E-state index in [1.54, 1.807) is 6.08 Å². The van der Waals surface area contributed by atoms with Gasteiger partial charge in [0.05, 0.1) is 39.9 Å². The summed E-state index contributed by atoms with van der Waals surface area (Å²) < 4.78 is 23.2. The maximum absolute atomic E-state index is 12.8. The van der Waals surface area contributed by atoms with Gasteiger partial charge in [0.2, 0.25) is 5.91 Å². The van der Waals surface area contributed by atoms with Gasteiger partial charge in [-0.15, -0.1) is 0 Å².